The van der Waals surface area contributed by atoms with Gasteiger partial charge in [-0.15, -0.1) is 11.3 Å². The predicted octanol–water partition coefficient (Wildman–Crippen LogP) is 2.12. The summed E-state index contributed by atoms with van der Waals surface area (Å²) in [6.45, 7) is 3.95. The van der Waals surface area contributed by atoms with E-state index in [1.807, 2.05) is 13.8 Å². The molecule has 2 aromatic rings. The molecule has 2 rings (SSSR count). The molecule has 8 nitrogen and oxygen atoms in total. The largest absolute Gasteiger partial charge is 0.394 e. The fraction of sp³-hybridized carbons (Fsp3) is 0.385. The molecule has 0 radical (unpaired) electrons. The number of primary sulfonamides is 1. The summed E-state index contributed by atoms with van der Waals surface area (Å²) >= 11 is 4.37. The summed E-state index contributed by atoms with van der Waals surface area (Å²) in [6, 6.07) is 1.27. The third-order valence-corrected chi connectivity index (χ3v) is 6.15. The number of aliphatic hydroxyl groups is 1. The van der Waals surface area contributed by atoms with Crippen molar-refractivity contribution < 1.29 is 13.5 Å². The molecule has 0 unspecified atom stereocenters. The van der Waals surface area contributed by atoms with Crippen molar-refractivity contribution in [1.82, 2.24) is 9.97 Å². The molecule has 5 N–H and O–H groups in total. The van der Waals surface area contributed by atoms with Gasteiger partial charge in [-0.05, 0) is 27.9 Å². The van der Waals surface area contributed by atoms with Gasteiger partial charge in [0.1, 0.15) is 10.0 Å². The van der Waals surface area contributed by atoms with Crippen LogP contribution >= 0.6 is 27.3 Å². The highest BCUT2D eigenvalue weighted by Gasteiger charge is 2.16. The molecule has 0 aromatic carbocycles. The van der Waals surface area contributed by atoms with Gasteiger partial charge < -0.3 is 15.7 Å². The van der Waals surface area contributed by atoms with Gasteiger partial charge in [0.15, 0.2) is 0 Å². The van der Waals surface area contributed by atoms with Crippen molar-refractivity contribution >= 4 is 54.7 Å². The molecule has 24 heavy (non-hydrogen) atoms. The van der Waals surface area contributed by atoms with E-state index in [-0.39, 0.29) is 22.8 Å². The number of aromatic nitrogens is 2. The average Bonchev–Trinajstić information content (AvgIpc) is 2.96. The molecule has 2 aromatic heterocycles. The van der Waals surface area contributed by atoms with Crippen LogP contribution < -0.4 is 15.8 Å². The van der Waals surface area contributed by atoms with Crippen molar-refractivity contribution in [1.29, 1.82) is 0 Å². The number of sulfonamides is 1. The lowest BCUT2D eigenvalue weighted by molar-refractivity contribution is 0.249. The maximum Gasteiger partial charge on any atom is 0.247 e. The van der Waals surface area contributed by atoms with E-state index in [4.69, 9.17) is 5.14 Å². The van der Waals surface area contributed by atoms with E-state index in [0.29, 0.717) is 21.9 Å². The molecule has 0 fully saturated rings. The summed E-state index contributed by atoms with van der Waals surface area (Å²) in [5.41, 5.74) is 0.528. The normalized spacial score (nSPS) is 13.1. The molecule has 1 atom stereocenters. The lowest BCUT2D eigenvalue weighted by Gasteiger charge is -2.21. The second kappa shape index (κ2) is 7.74. The van der Waals surface area contributed by atoms with Crippen LogP contribution in [0.15, 0.2) is 26.3 Å². The van der Waals surface area contributed by atoms with E-state index in [9.17, 15) is 13.5 Å². The lowest BCUT2D eigenvalue weighted by atomic mass is 10.1. The van der Waals surface area contributed by atoms with Crippen LogP contribution in [0.2, 0.25) is 0 Å². The van der Waals surface area contributed by atoms with Crippen LogP contribution in [0.25, 0.3) is 0 Å². The van der Waals surface area contributed by atoms with Gasteiger partial charge >= 0.3 is 0 Å². The van der Waals surface area contributed by atoms with Crippen molar-refractivity contribution in [3.63, 3.8) is 0 Å². The number of thiophene rings is 1. The Balaban J connectivity index is 2.20. The molecule has 0 saturated carbocycles. The first-order valence-electron chi connectivity index (χ1n) is 6.99. The van der Waals surface area contributed by atoms with Crippen LogP contribution in [0.5, 0.6) is 0 Å². The number of halogens is 1. The summed E-state index contributed by atoms with van der Waals surface area (Å²) in [5, 5.41) is 22.2. The molecular weight excluding hydrogens is 418 g/mol. The molecule has 11 heteroatoms. The third kappa shape index (κ3) is 4.86. The number of nitrogens with one attached hydrogen (secondary N) is 2. The Morgan fingerprint density at radius 2 is 2.17 bits per heavy atom. The van der Waals surface area contributed by atoms with Gasteiger partial charge in [-0.2, -0.15) is 4.98 Å². The highest BCUT2D eigenvalue weighted by molar-refractivity contribution is 9.10. The van der Waals surface area contributed by atoms with E-state index in [1.54, 1.807) is 11.6 Å². The maximum absolute atomic E-state index is 11.3. The number of nitrogens with two attached hydrogens (primary N) is 1. The Bertz CT molecular complexity index is 810. The topological polar surface area (TPSA) is 130 Å². The Kier molecular flexibility index (Phi) is 6.15. The zero-order valence-electron chi connectivity index (χ0n) is 13.0. The molecule has 132 valence electrons. The Labute approximate surface area is 152 Å². The fourth-order valence-electron chi connectivity index (χ4n) is 1.79. The van der Waals surface area contributed by atoms with Gasteiger partial charge in [0.25, 0.3) is 0 Å². The van der Waals surface area contributed by atoms with Crippen molar-refractivity contribution in [2.75, 3.05) is 17.2 Å². The highest BCUT2D eigenvalue weighted by Crippen LogP contribution is 2.27. The minimum atomic E-state index is -3.73. The van der Waals surface area contributed by atoms with E-state index in [2.05, 4.69) is 36.5 Å². The van der Waals surface area contributed by atoms with Crippen LogP contribution in [0.1, 0.15) is 13.8 Å². The lowest BCUT2D eigenvalue weighted by Crippen LogP contribution is -2.30. The Morgan fingerprint density at radius 3 is 2.71 bits per heavy atom. The van der Waals surface area contributed by atoms with Gasteiger partial charge in [-0.25, -0.2) is 18.5 Å². The van der Waals surface area contributed by atoms with Crippen LogP contribution in [0, 0.1) is 5.92 Å². The molecule has 0 aliphatic carbocycles. The van der Waals surface area contributed by atoms with Gasteiger partial charge in [0, 0.05) is 11.6 Å². The maximum atomic E-state index is 11.3. The predicted molar refractivity (Wildman–Crippen MR) is 98.0 cm³/mol. The fourth-order valence-corrected chi connectivity index (χ4v) is 3.63. The van der Waals surface area contributed by atoms with Gasteiger partial charge in [0.05, 0.1) is 22.8 Å². The first-order valence-corrected chi connectivity index (χ1v) is 10.2. The molecule has 0 aliphatic heterocycles. The standard InChI is InChI=1S/C13H18BrN5O3S2/c1-7(2)10(5-20)18-12-9(14)4-16-13(19-12)17-8-3-11(23-6-8)24(15,21)22/h3-4,6-7,10,20H,5H2,1-2H3,(H2,15,21,22)(H2,16,17,18,19)/t10-/m1/s1. The number of hydrogen-bond donors (Lipinski definition) is 4. The second-order valence-electron chi connectivity index (χ2n) is 5.39. The van der Waals surface area contributed by atoms with Gasteiger partial charge in [-0.1, -0.05) is 13.8 Å². The number of hydrogen-bond acceptors (Lipinski definition) is 8. The highest BCUT2D eigenvalue weighted by atomic mass is 79.9. The van der Waals surface area contributed by atoms with Crippen molar-refractivity contribution in [3.8, 4) is 0 Å². The molecule has 2 heterocycles. The summed E-state index contributed by atoms with van der Waals surface area (Å²) in [5.74, 6) is 1.03. The average molecular weight is 436 g/mol. The number of rotatable bonds is 7. The van der Waals surface area contributed by atoms with E-state index in [0.717, 1.165) is 11.3 Å². The zero-order chi connectivity index (χ0) is 17.9. The number of anilines is 3. The molecular formula is C13H18BrN5O3S2. The Hall–Kier alpha value is -1.27. The minimum absolute atomic E-state index is 0.0286. The smallest absolute Gasteiger partial charge is 0.247 e. The van der Waals surface area contributed by atoms with Crippen LogP contribution in [-0.4, -0.2) is 36.1 Å². The quantitative estimate of drug-likeness (QED) is 0.523. The summed E-state index contributed by atoms with van der Waals surface area (Å²) in [6.07, 6.45) is 1.57. The van der Waals surface area contributed by atoms with Gasteiger partial charge in [-0.3, -0.25) is 0 Å². The second-order valence-corrected chi connectivity index (χ2v) is 8.95. The molecule has 0 aliphatic rings. The SMILES string of the molecule is CC(C)[C@@H](CO)Nc1nc(Nc2csc(S(N)(=O)=O)c2)ncc1Br. The Morgan fingerprint density at radius 1 is 1.46 bits per heavy atom. The molecule has 0 spiro atoms. The van der Waals surface area contributed by atoms with E-state index in [1.165, 1.54) is 6.07 Å². The van der Waals surface area contributed by atoms with Crippen LogP contribution in [-0.2, 0) is 10.0 Å². The van der Waals surface area contributed by atoms with Crippen molar-refractivity contribution in [3.05, 3.63) is 22.1 Å². The van der Waals surface area contributed by atoms with Gasteiger partial charge in [0.2, 0.25) is 16.0 Å². The minimum Gasteiger partial charge on any atom is -0.394 e. The molecule has 0 amide bonds. The molecule has 0 saturated heterocycles. The third-order valence-electron chi connectivity index (χ3n) is 3.18. The van der Waals surface area contributed by atoms with E-state index >= 15 is 0 Å². The van der Waals surface area contributed by atoms with Crippen LogP contribution in [0.4, 0.5) is 17.5 Å². The van der Waals surface area contributed by atoms with Crippen molar-refractivity contribution in [2.24, 2.45) is 11.1 Å². The first-order chi connectivity index (χ1) is 11.2. The summed E-state index contributed by atoms with van der Waals surface area (Å²) in [4.78, 5) is 8.48. The summed E-state index contributed by atoms with van der Waals surface area (Å²) in [7, 11) is -3.73. The van der Waals surface area contributed by atoms with Crippen LogP contribution in [0.3, 0.4) is 0 Å². The number of nitrogens with zero attached hydrogens (tertiary/aromatic N) is 2. The zero-order valence-corrected chi connectivity index (χ0v) is 16.2. The summed E-state index contributed by atoms with van der Waals surface area (Å²) < 4.78 is 23.3. The van der Waals surface area contributed by atoms with Crippen molar-refractivity contribution in [2.45, 2.75) is 24.1 Å². The first kappa shape index (κ1) is 19.1. The number of aliphatic hydroxyl groups excluding tert-OH is 1. The molecule has 0 bridgehead atoms. The van der Waals surface area contributed by atoms with E-state index < -0.39 is 10.0 Å². The monoisotopic (exact) mass is 435 g/mol.